The van der Waals surface area contributed by atoms with Crippen LogP contribution < -0.4 is 0 Å². The molecule has 1 N–H and O–H groups in total. The molecule has 0 aliphatic heterocycles. The highest BCUT2D eigenvalue weighted by atomic mass is 14.9. The molecule has 0 saturated carbocycles. The second kappa shape index (κ2) is 4.37. The fourth-order valence-corrected chi connectivity index (χ4v) is 2.66. The SMILES string of the molecule is CC(C)c1nc2ccc3cccc(C(C)C)c3c2[nH]1. The van der Waals surface area contributed by atoms with Gasteiger partial charge in [0.25, 0.3) is 0 Å². The summed E-state index contributed by atoms with van der Waals surface area (Å²) in [5.41, 5.74) is 3.65. The molecular weight excluding hydrogens is 232 g/mol. The van der Waals surface area contributed by atoms with Crippen LogP contribution in [0.1, 0.15) is 50.9 Å². The van der Waals surface area contributed by atoms with E-state index >= 15 is 0 Å². The minimum Gasteiger partial charge on any atom is -0.341 e. The van der Waals surface area contributed by atoms with Gasteiger partial charge >= 0.3 is 0 Å². The van der Waals surface area contributed by atoms with Crippen molar-refractivity contribution in [2.45, 2.75) is 39.5 Å². The Morgan fingerprint density at radius 1 is 0.947 bits per heavy atom. The van der Waals surface area contributed by atoms with E-state index in [0.717, 1.165) is 11.3 Å². The van der Waals surface area contributed by atoms with E-state index in [1.165, 1.54) is 21.9 Å². The Bertz CT molecular complexity index is 735. The number of aromatic nitrogens is 2. The van der Waals surface area contributed by atoms with Gasteiger partial charge in [0.1, 0.15) is 5.82 Å². The first-order chi connectivity index (χ1) is 9.08. The molecule has 1 aromatic heterocycles. The first kappa shape index (κ1) is 12.2. The zero-order valence-corrected chi connectivity index (χ0v) is 12.0. The molecule has 3 aromatic rings. The number of hydrogen-bond donors (Lipinski definition) is 1. The summed E-state index contributed by atoms with van der Waals surface area (Å²) in [6.45, 7) is 8.83. The number of aromatic amines is 1. The van der Waals surface area contributed by atoms with Gasteiger partial charge in [0.05, 0.1) is 11.0 Å². The number of hydrogen-bond acceptors (Lipinski definition) is 1. The monoisotopic (exact) mass is 252 g/mol. The number of benzene rings is 2. The summed E-state index contributed by atoms with van der Waals surface area (Å²) in [6, 6.07) is 10.8. The van der Waals surface area contributed by atoms with Crippen LogP contribution in [0.2, 0.25) is 0 Å². The van der Waals surface area contributed by atoms with E-state index in [0.29, 0.717) is 11.8 Å². The molecule has 0 fully saturated rings. The average Bonchev–Trinajstić information content (AvgIpc) is 2.82. The molecule has 1 heterocycles. The van der Waals surface area contributed by atoms with Crippen molar-refractivity contribution in [2.75, 3.05) is 0 Å². The van der Waals surface area contributed by atoms with Crippen LogP contribution in [-0.4, -0.2) is 9.97 Å². The highest BCUT2D eigenvalue weighted by Crippen LogP contribution is 2.31. The van der Waals surface area contributed by atoms with E-state index in [1.807, 2.05) is 0 Å². The predicted molar refractivity (Wildman–Crippen MR) is 81.8 cm³/mol. The lowest BCUT2D eigenvalue weighted by Crippen LogP contribution is -1.91. The van der Waals surface area contributed by atoms with E-state index < -0.39 is 0 Å². The van der Waals surface area contributed by atoms with Crippen molar-refractivity contribution < 1.29 is 0 Å². The van der Waals surface area contributed by atoms with Crippen LogP contribution in [0.25, 0.3) is 21.8 Å². The maximum Gasteiger partial charge on any atom is 0.109 e. The van der Waals surface area contributed by atoms with Gasteiger partial charge in [-0.1, -0.05) is 52.0 Å². The first-order valence-corrected chi connectivity index (χ1v) is 6.99. The molecular formula is C17H20N2. The van der Waals surface area contributed by atoms with Crippen molar-refractivity contribution >= 4 is 21.8 Å². The molecule has 19 heavy (non-hydrogen) atoms. The smallest absolute Gasteiger partial charge is 0.109 e. The van der Waals surface area contributed by atoms with Crippen LogP contribution in [0.5, 0.6) is 0 Å². The Morgan fingerprint density at radius 3 is 2.42 bits per heavy atom. The van der Waals surface area contributed by atoms with Gasteiger partial charge in [-0.25, -0.2) is 4.98 Å². The molecule has 98 valence electrons. The molecule has 0 atom stereocenters. The van der Waals surface area contributed by atoms with E-state index in [-0.39, 0.29) is 0 Å². The molecule has 0 aliphatic rings. The Balaban J connectivity index is 2.43. The van der Waals surface area contributed by atoms with Gasteiger partial charge in [-0.2, -0.15) is 0 Å². The molecule has 2 aromatic carbocycles. The highest BCUT2D eigenvalue weighted by molar-refractivity contribution is 6.06. The number of rotatable bonds is 2. The summed E-state index contributed by atoms with van der Waals surface area (Å²) in [5, 5.41) is 2.62. The van der Waals surface area contributed by atoms with Crippen LogP contribution >= 0.6 is 0 Å². The minimum absolute atomic E-state index is 0.425. The third-order valence-electron chi connectivity index (χ3n) is 3.72. The Labute approximate surface area is 113 Å². The van der Waals surface area contributed by atoms with Gasteiger partial charge in [0.2, 0.25) is 0 Å². The van der Waals surface area contributed by atoms with Crippen LogP contribution in [0, 0.1) is 0 Å². The maximum absolute atomic E-state index is 4.71. The molecule has 2 nitrogen and oxygen atoms in total. The largest absolute Gasteiger partial charge is 0.341 e. The molecule has 0 amide bonds. The number of fused-ring (bicyclic) bond motifs is 3. The van der Waals surface area contributed by atoms with E-state index in [1.54, 1.807) is 0 Å². The molecule has 0 radical (unpaired) electrons. The van der Waals surface area contributed by atoms with E-state index in [2.05, 4.69) is 63.0 Å². The zero-order chi connectivity index (χ0) is 13.6. The van der Waals surface area contributed by atoms with E-state index in [9.17, 15) is 0 Å². The minimum atomic E-state index is 0.425. The van der Waals surface area contributed by atoms with Gasteiger partial charge in [-0.05, 0) is 22.9 Å². The Hall–Kier alpha value is -1.83. The molecule has 0 spiro atoms. The Morgan fingerprint density at radius 2 is 1.74 bits per heavy atom. The van der Waals surface area contributed by atoms with Gasteiger partial charge in [-0.3, -0.25) is 0 Å². The van der Waals surface area contributed by atoms with Gasteiger partial charge in [0, 0.05) is 11.3 Å². The highest BCUT2D eigenvalue weighted by Gasteiger charge is 2.12. The van der Waals surface area contributed by atoms with Crippen LogP contribution in [0.3, 0.4) is 0 Å². The lowest BCUT2D eigenvalue weighted by molar-refractivity contribution is 0.799. The summed E-state index contributed by atoms with van der Waals surface area (Å²) >= 11 is 0. The van der Waals surface area contributed by atoms with Crippen LogP contribution in [0.4, 0.5) is 0 Å². The maximum atomic E-state index is 4.71. The summed E-state index contributed by atoms with van der Waals surface area (Å²) in [7, 11) is 0. The summed E-state index contributed by atoms with van der Waals surface area (Å²) < 4.78 is 0. The molecule has 2 heteroatoms. The second-order valence-electron chi connectivity index (χ2n) is 5.84. The summed E-state index contributed by atoms with van der Waals surface area (Å²) in [4.78, 5) is 8.23. The fraction of sp³-hybridized carbons (Fsp3) is 0.353. The standard InChI is InChI=1S/C17H20N2/c1-10(2)13-7-5-6-12-8-9-14-16(15(12)13)19-17(18-14)11(3)4/h5-11H,1-4H3,(H,18,19). The van der Waals surface area contributed by atoms with Crippen molar-refractivity contribution in [3.63, 3.8) is 0 Å². The molecule has 0 aliphatic carbocycles. The summed E-state index contributed by atoms with van der Waals surface area (Å²) in [5.74, 6) is 2.01. The lowest BCUT2D eigenvalue weighted by Gasteiger charge is -2.10. The summed E-state index contributed by atoms with van der Waals surface area (Å²) in [6.07, 6.45) is 0. The first-order valence-electron chi connectivity index (χ1n) is 6.99. The van der Waals surface area contributed by atoms with Crippen molar-refractivity contribution in [3.05, 3.63) is 41.7 Å². The normalized spacial score (nSPS) is 12.1. The van der Waals surface area contributed by atoms with Crippen LogP contribution in [-0.2, 0) is 0 Å². The van der Waals surface area contributed by atoms with Crippen molar-refractivity contribution in [2.24, 2.45) is 0 Å². The molecule has 3 rings (SSSR count). The molecule has 0 unspecified atom stereocenters. The van der Waals surface area contributed by atoms with Crippen molar-refractivity contribution in [1.29, 1.82) is 0 Å². The third-order valence-corrected chi connectivity index (χ3v) is 3.72. The quantitative estimate of drug-likeness (QED) is 0.686. The predicted octanol–water partition coefficient (Wildman–Crippen LogP) is 4.96. The van der Waals surface area contributed by atoms with Crippen molar-refractivity contribution in [1.82, 2.24) is 9.97 Å². The van der Waals surface area contributed by atoms with E-state index in [4.69, 9.17) is 4.98 Å². The number of imidazole rings is 1. The van der Waals surface area contributed by atoms with Gasteiger partial charge in [-0.15, -0.1) is 0 Å². The van der Waals surface area contributed by atoms with Gasteiger partial charge in [0.15, 0.2) is 0 Å². The lowest BCUT2D eigenvalue weighted by atomic mass is 9.95. The number of nitrogens with zero attached hydrogens (tertiary/aromatic N) is 1. The fourth-order valence-electron chi connectivity index (χ4n) is 2.66. The third kappa shape index (κ3) is 1.92. The van der Waals surface area contributed by atoms with Gasteiger partial charge < -0.3 is 4.98 Å². The number of nitrogens with one attached hydrogen (secondary N) is 1. The topological polar surface area (TPSA) is 28.7 Å². The number of H-pyrrole nitrogens is 1. The van der Waals surface area contributed by atoms with Crippen LogP contribution in [0.15, 0.2) is 30.3 Å². The average molecular weight is 252 g/mol. The zero-order valence-electron chi connectivity index (χ0n) is 12.0. The van der Waals surface area contributed by atoms with Crippen molar-refractivity contribution in [3.8, 4) is 0 Å². The molecule has 0 saturated heterocycles. The second-order valence-corrected chi connectivity index (χ2v) is 5.84. The Kier molecular flexibility index (Phi) is 2.81. The molecule has 0 bridgehead atoms.